The fourth-order valence-corrected chi connectivity index (χ4v) is 1.99. The lowest BCUT2D eigenvalue weighted by atomic mass is 10.1. The lowest BCUT2D eigenvalue weighted by Crippen LogP contribution is -2.13. The molecular weight excluding hydrogens is 234 g/mol. The Kier molecular flexibility index (Phi) is 3.10. The Hall–Kier alpha value is -1.88. The van der Waals surface area contributed by atoms with Gasteiger partial charge in [0.25, 0.3) is 5.91 Å². The molecule has 1 aromatic carbocycles. The van der Waals surface area contributed by atoms with Gasteiger partial charge in [-0.1, -0.05) is 12.1 Å². The number of nitrogens with two attached hydrogens (primary N) is 1. The molecule has 0 spiro atoms. The number of amides is 1. The first-order valence-electron chi connectivity index (χ1n) is 5.16. The zero-order chi connectivity index (χ0) is 12.4. The number of aryl methyl sites for hydroxylation is 2. The number of benzene rings is 1. The van der Waals surface area contributed by atoms with Crippen molar-refractivity contribution in [1.82, 2.24) is 4.98 Å². The number of rotatable bonds is 2. The van der Waals surface area contributed by atoms with Crippen molar-refractivity contribution in [1.29, 1.82) is 0 Å². The van der Waals surface area contributed by atoms with Crippen molar-refractivity contribution in [2.75, 3.05) is 11.1 Å². The van der Waals surface area contributed by atoms with Crippen LogP contribution in [0.3, 0.4) is 0 Å². The van der Waals surface area contributed by atoms with Crippen LogP contribution >= 0.6 is 11.3 Å². The molecule has 0 saturated heterocycles. The van der Waals surface area contributed by atoms with Crippen molar-refractivity contribution in [3.05, 3.63) is 40.4 Å². The minimum atomic E-state index is -0.230. The number of nitrogens with one attached hydrogen (secondary N) is 1. The second kappa shape index (κ2) is 4.55. The summed E-state index contributed by atoms with van der Waals surface area (Å²) < 4.78 is 0. The molecule has 2 rings (SSSR count). The van der Waals surface area contributed by atoms with E-state index in [1.54, 1.807) is 5.38 Å². The monoisotopic (exact) mass is 247 g/mol. The van der Waals surface area contributed by atoms with E-state index < -0.39 is 0 Å². The van der Waals surface area contributed by atoms with Gasteiger partial charge in [0.2, 0.25) is 0 Å². The van der Waals surface area contributed by atoms with Crippen LogP contribution in [0.1, 0.15) is 21.6 Å². The van der Waals surface area contributed by atoms with Crippen LogP contribution < -0.4 is 11.1 Å². The Labute approximate surface area is 103 Å². The van der Waals surface area contributed by atoms with E-state index in [2.05, 4.69) is 10.3 Å². The lowest BCUT2D eigenvalue weighted by Gasteiger charge is -2.07. The number of hydrogen-bond donors (Lipinski definition) is 2. The topological polar surface area (TPSA) is 68.0 Å². The molecule has 1 aromatic heterocycles. The fourth-order valence-electron chi connectivity index (χ4n) is 1.45. The van der Waals surface area contributed by atoms with E-state index in [1.165, 1.54) is 11.3 Å². The van der Waals surface area contributed by atoms with E-state index in [-0.39, 0.29) is 5.91 Å². The Bertz CT molecular complexity index is 563. The molecule has 1 amide bonds. The van der Waals surface area contributed by atoms with Crippen LogP contribution in [0.2, 0.25) is 0 Å². The van der Waals surface area contributed by atoms with Gasteiger partial charge in [-0.2, -0.15) is 0 Å². The number of carbonyl (C=O) groups excluding carboxylic acids is 1. The molecule has 0 atom stereocenters. The third-order valence-corrected chi connectivity index (χ3v) is 3.07. The standard InChI is InChI=1S/C12H13N3OS/c1-7-3-4-8(2)9(5-7)14-11(16)10-6-17-12(13)15-10/h3-6H,1-2H3,(H2,13,15)(H,14,16). The third-order valence-electron chi connectivity index (χ3n) is 2.40. The fraction of sp³-hybridized carbons (Fsp3) is 0.167. The Morgan fingerprint density at radius 1 is 1.41 bits per heavy atom. The van der Waals surface area contributed by atoms with E-state index in [0.717, 1.165) is 16.8 Å². The molecule has 3 N–H and O–H groups in total. The quantitative estimate of drug-likeness (QED) is 0.857. The minimum Gasteiger partial charge on any atom is -0.375 e. The number of carbonyl (C=O) groups is 1. The van der Waals surface area contributed by atoms with E-state index in [1.807, 2.05) is 32.0 Å². The molecule has 17 heavy (non-hydrogen) atoms. The van der Waals surface area contributed by atoms with Crippen LogP contribution in [0.25, 0.3) is 0 Å². The summed E-state index contributed by atoms with van der Waals surface area (Å²) in [5, 5.41) is 4.88. The number of anilines is 2. The molecule has 0 saturated carbocycles. The molecule has 0 aliphatic carbocycles. The Morgan fingerprint density at radius 2 is 2.18 bits per heavy atom. The van der Waals surface area contributed by atoms with E-state index in [4.69, 9.17) is 5.73 Å². The number of thiazole rings is 1. The summed E-state index contributed by atoms with van der Waals surface area (Å²) in [6.07, 6.45) is 0. The van der Waals surface area contributed by atoms with Gasteiger partial charge in [0, 0.05) is 11.1 Å². The van der Waals surface area contributed by atoms with Crippen molar-refractivity contribution in [2.24, 2.45) is 0 Å². The smallest absolute Gasteiger partial charge is 0.275 e. The molecule has 0 aliphatic heterocycles. The SMILES string of the molecule is Cc1ccc(C)c(NC(=O)c2csc(N)n2)c1. The van der Waals surface area contributed by atoms with Gasteiger partial charge in [0.05, 0.1) is 0 Å². The number of nitrogens with zero attached hydrogens (tertiary/aromatic N) is 1. The first kappa shape index (κ1) is 11.6. The summed E-state index contributed by atoms with van der Waals surface area (Å²) >= 11 is 1.26. The Balaban J connectivity index is 2.21. The zero-order valence-electron chi connectivity index (χ0n) is 9.65. The van der Waals surface area contributed by atoms with Crippen LogP contribution in [0.5, 0.6) is 0 Å². The van der Waals surface area contributed by atoms with Crippen molar-refractivity contribution >= 4 is 28.1 Å². The van der Waals surface area contributed by atoms with E-state index in [0.29, 0.717) is 10.8 Å². The van der Waals surface area contributed by atoms with Crippen LogP contribution in [-0.4, -0.2) is 10.9 Å². The average molecular weight is 247 g/mol. The highest BCUT2D eigenvalue weighted by atomic mass is 32.1. The number of hydrogen-bond acceptors (Lipinski definition) is 4. The van der Waals surface area contributed by atoms with E-state index in [9.17, 15) is 4.79 Å². The van der Waals surface area contributed by atoms with Crippen molar-refractivity contribution < 1.29 is 4.79 Å². The molecule has 4 nitrogen and oxygen atoms in total. The van der Waals surface area contributed by atoms with Crippen LogP contribution in [0.4, 0.5) is 10.8 Å². The van der Waals surface area contributed by atoms with Gasteiger partial charge >= 0.3 is 0 Å². The molecule has 0 aliphatic rings. The van der Waals surface area contributed by atoms with Gasteiger partial charge in [0.15, 0.2) is 5.13 Å². The molecular formula is C12H13N3OS. The molecule has 0 fully saturated rings. The van der Waals surface area contributed by atoms with Crippen LogP contribution in [0.15, 0.2) is 23.6 Å². The molecule has 5 heteroatoms. The van der Waals surface area contributed by atoms with E-state index >= 15 is 0 Å². The van der Waals surface area contributed by atoms with Gasteiger partial charge in [-0.3, -0.25) is 4.79 Å². The highest BCUT2D eigenvalue weighted by Gasteiger charge is 2.10. The number of nitrogen functional groups attached to an aromatic ring is 1. The van der Waals surface area contributed by atoms with Gasteiger partial charge in [-0.15, -0.1) is 11.3 Å². The molecule has 0 bridgehead atoms. The maximum Gasteiger partial charge on any atom is 0.275 e. The second-order valence-electron chi connectivity index (χ2n) is 3.84. The molecule has 0 radical (unpaired) electrons. The van der Waals surface area contributed by atoms with Crippen molar-refractivity contribution in [2.45, 2.75) is 13.8 Å². The first-order valence-corrected chi connectivity index (χ1v) is 6.04. The van der Waals surface area contributed by atoms with Gasteiger partial charge in [0.1, 0.15) is 5.69 Å². The van der Waals surface area contributed by atoms with Gasteiger partial charge in [-0.25, -0.2) is 4.98 Å². The number of aromatic nitrogens is 1. The predicted octanol–water partition coefficient (Wildman–Crippen LogP) is 2.59. The summed E-state index contributed by atoms with van der Waals surface area (Å²) in [5.41, 5.74) is 8.77. The lowest BCUT2D eigenvalue weighted by molar-refractivity contribution is 0.102. The summed E-state index contributed by atoms with van der Waals surface area (Å²) in [7, 11) is 0. The van der Waals surface area contributed by atoms with Gasteiger partial charge in [-0.05, 0) is 31.0 Å². The summed E-state index contributed by atoms with van der Waals surface area (Å²) in [4.78, 5) is 15.8. The van der Waals surface area contributed by atoms with Gasteiger partial charge < -0.3 is 11.1 Å². The molecule has 2 aromatic rings. The Morgan fingerprint density at radius 3 is 2.82 bits per heavy atom. The van der Waals surface area contributed by atoms with Crippen LogP contribution in [-0.2, 0) is 0 Å². The summed E-state index contributed by atoms with van der Waals surface area (Å²) in [6.45, 7) is 3.93. The average Bonchev–Trinajstić information content (AvgIpc) is 2.70. The predicted molar refractivity (Wildman–Crippen MR) is 70.4 cm³/mol. The van der Waals surface area contributed by atoms with Crippen molar-refractivity contribution in [3.63, 3.8) is 0 Å². The maximum absolute atomic E-state index is 11.9. The molecule has 88 valence electrons. The third kappa shape index (κ3) is 2.62. The highest BCUT2D eigenvalue weighted by molar-refractivity contribution is 7.13. The van der Waals surface area contributed by atoms with Crippen LogP contribution in [0, 0.1) is 13.8 Å². The largest absolute Gasteiger partial charge is 0.375 e. The normalized spacial score (nSPS) is 10.2. The second-order valence-corrected chi connectivity index (χ2v) is 4.73. The first-order chi connectivity index (χ1) is 8.06. The maximum atomic E-state index is 11.9. The summed E-state index contributed by atoms with van der Waals surface area (Å²) in [5.74, 6) is -0.230. The highest BCUT2D eigenvalue weighted by Crippen LogP contribution is 2.18. The molecule has 0 unspecified atom stereocenters. The summed E-state index contributed by atoms with van der Waals surface area (Å²) in [6, 6.07) is 5.91. The molecule has 1 heterocycles. The zero-order valence-corrected chi connectivity index (χ0v) is 10.5. The van der Waals surface area contributed by atoms with Crippen molar-refractivity contribution in [3.8, 4) is 0 Å². The minimum absolute atomic E-state index is 0.230.